The molecule has 0 aliphatic rings. The quantitative estimate of drug-likeness (QED) is 0.185. The fraction of sp³-hybridized carbons (Fsp3) is 0.273. The van der Waals surface area contributed by atoms with Crippen LogP contribution in [0.2, 0.25) is 10.0 Å². The number of hydrogen-bond acceptors (Lipinski definition) is 7. The smallest absolute Gasteiger partial charge is 0.311 e. The summed E-state index contributed by atoms with van der Waals surface area (Å²) in [4.78, 5) is 26.5. The van der Waals surface area contributed by atoms with Crippen molar-refractivity contribution in [2.24, 2.45) is 0 Å². The third kappa shape index (κ3) is 5.96. The maximum absolute atomic E-state index is 12.3. The fourth-order valence-corrected chi connectivity index (χ4v) is 3.91. The van der Waals surface area contributed by atoms with Crippen molar-refractivity contribution < 1.29 is 14.8 Å². The molecule has 2 heterocycles. The Labute approximate surface area is 205 Å². The predicted molar refractivity (Wildman–Crippen MR) is 132 cm³/mol. The van der Waals surface area contributed by atoms with Crippen molar-refractivity contribution in [3.8, 4) is 5.69 Å². The lowest BCUT2D eigenvalue weighted by Gasteiger charge is -2.13. The lowest BCUT2D eigenvalue weighted by atomic mass is 10.1. The summed E-state index contributed by atoms with van der Waals surface area (Å²) < 4.78 is 1.74. The van der Waals surface area contributed by atoms with Crippen LogP contribution in [0.25, 0.3) is 5.69 Å². The summed E-state index contributed by atoms with van der Waals surface area (Å²) in [5.41, 5.74) is 7.24. The maximum Gasteiger partial charge on any atom is 0.311 e. The number of hydrogen-bond donors (Lipinski definition) is 4. The van der Waals surface area contributed by atoms with Gasteiger partial charge >= 0.3 is 5.69 Å². The van der Waals surface area contributed by atoms with Crippen molar-refractivity contribution in [2.45, 2.75) is 25.8 Å². The van der Waals surface area contributed by atoms with E-state index >= 15 is 0 Å². The summed E-state index contributed by atoms with van der Waals surface area (Å²) in [6.07, 6.45) is 4.59. The van der Waals surface area contributed by atoms with E-state index in [4.69, 9.17) is 34.0 Å². The second-order valence-corrected chi connectivity index (χ2v) is 8.40. The zero-order valence-corrected chi connectivity index (χ0v) is 19.8. The van der Waals surface area contributed by atoms with Crippen LogP contribution in [0, 0.1) is 10.1 Å². The summed E-state index contributed by atoms with van der Waals surface area (Å²) in [7, 11) is 0. The molecule has 3 aromatic rings. The average molecular weight is 507 g/mol. The highest BCUT2D eigenvalue weighted by Crippen LogP contribution is 2.32. The van der Waals surface area contributed by atoms with E-state index in [9.17, 15) is 14.9 Å². The van der Waals surface area contributed by atoms with Gasteiger partial charge in [0.15, 0.2) is 0 Å². The molecule has 0 aliphatic carbocycles. The van der Waals surface area contributed by atoms with Crippen LogP contribution in [-0.4, -0.2) is 44.7 Å². The van der Waals surface area contributed by atoms with Crippen molar-refractivity contribution >= 4 is 46.4 Å². The van der Waals surface area contributed by atoms with Gasteiger partial charge in [-0.25, -0.2) is 4.98 Å². The number of nitro groups is 1. The lowest BCUT2D eigenvalue weighted by Crippen LogP contribution is -2.34. The lowest BCUT2D eigenvalue weighted by molar-refractivity contribution is -0.384. The Morgan fingerprint density at radius 3 is 2.74 bits per heavy atom. The minimum Gasteiger partial charge on any atom is -0.394 e. The largest absolute Gasteiger partial charge is 0.394 e. The van der Waals surface area contributed by atoms with Gasteiger partial charge in [0.05, 0.1) is 27.8 Å². The Kier molecular flexibility index (Phi) is 8.32. The number of benzene rings is 1. The molecule has 5 N–H and O–H groups in total. The molecule has 0 bridgehead atoms. The molecule has 1 atom stereocenters. The van der Waals surface area contributed by atoms with E-state index in [1.54, 1.807) is 42.1 Å². The van der Waals surface area contributed by atoms with Gasteiger partial charge in [0, 0.05) is 36.1 Å². The molecule has 34 heavy (non-hydrogen) atoms. The third-order valence-corrected chi connectivity index (χ3v) is 5.83. The summed E-state index contributed by atoms with van der Waals surface area (Å²) in [5, 5.41) is 26.7. The van der Waals surface area contributed by atoms with Gasteiger partial charge < -0.3 is 26.0 Å². The Balaban J connectivity index is 1.66. The number of aliphatic hydroxyl groups excluding tert-OH is 1. The fourth-order valence-electron chi connectivity index (χ4n) is 3.25. The van der Waals surface area contributed by atoms with Gasteiger partial charge in [-0.3, -0.25) is 14.9 Å². The van der Waals surface area contributed by atoms with Gasteiger partial charge in [-0.05, 0) is 49.6 Å². The maximum atomic E-state index is 12.3. The number of nitrogens with one attached hydrogen (secondary N) is 2. The number of rotatable bonds is 10. The molecule has 0 unspecified atom stereocenters. The van der Waals surface area contributed by atoms with Gasteiger partial charge in [-0.15, -0.1) is 0 Å². The molecule has 12 heteroatoms. The molecule has 3 rings (SSSR count). The molecule has 180 valence electrons. The van der Waals surface area contributed by atoms with Crippen LogP contribution in [0.15, 0.2) is 42.7 Å². The summed E-state index contributed by atoms with van der Waals surface area (Å²) in [6, 6.07) is 7.63. The standard InChI is InChI=1S/C22H24Cl2N6O4/c1-13(12-31)27-22(32)14-8-10-29(11-14)17-5-4-16(23)15(20(17)24)3-2-9-26-19-7-6-18(30(33)34)21(25)28-19/h4-8,10-11,13,31H,2-3,9,12H2,1H3,(H,27,32)(H3,25,26,28)/t13-/m0/s1. The van der Waals surface area contributed by atoms with Crippen molar-refractivity contribution in [3.63, 3.8) is 0 Å². The number of pyridine rings is 1. The van der Waals surface area contributed by atoms with E-state index in [2.05, 4.69) is 15.6 Å². The van der Waals surface area contributed by atoms with Crippen LogP contribution in [-0.2, 0) is 6.42 Å². The van der Waals surface area contributed by atoms with E-state index in [0.29, 0.717) is 46.5 Å². The number of nitrogens with two attached hydrogens (primary N) is 1. The number of nitrogens with zero attached hydrogens (tertiary/aromatic N) is 3. The van der Waals surface area contributed by atoms with Crippen LogP contribution in [0.4, 0.5) is 17.3 Å². The van der Waals surface area contributed by atoms with E-state index in [1.165, 1.54) is 12.1 Å². The second-order valence-electron chi connectivity index (χ2n) is 7.61. The van der Waals surface area contributed by atoms with Crippen LogP contribution in [0.5, 0.6) is 0 Å². The van der Waals surface area contributed by atoms with Gasteiger partial charge in [-0.2, -0.15) is 0 Å². The van der Waals surface area contributed by atoms with Crippen molar-refractivity contribution in [1.82, 2.24) is 14.9 Å². The van der Waals surface area contributed by atoms with Crippen molar-refractivity contribution in [2.75, 3.05) is 24.2 Å². The highest BCUT2D eigenvalue weighted by Gasteiger charge is 2.16. The number of carbonyl (C=O) groups is 1. The molecule has 1 amide bonds. The predicted octanol–water partition coefficient (Wildman–Crippen LogP) is 3.82. The number of aromatic nitrogens is 2. The molecule has 10 nitrogen and oxygen atoms in total. The topological polar surface area (TPSA) is 148 Å². The molecular weight excluding hydrogens is 483 g/mol. The van der Waals surface area contributed by atoms with Crippen LogP contribution in [0.1, 0.15) is 29.3 Å². The Bertz CT molecular complexity index is 1200. The van der Waals surface area contributed by atoms with Gasteiger partial charge in [-0.1, -0.05) is 23.2 Å². The summed E-state index contributed by atoms with van der Waals surface area (Å²) in [6.45, 7) is 2.07. The molecule has 2 aromatic heterocycles. The minimum atomic E-state index is -0.584. The molecule has 0 saturated carbocycles. The highest BCUT2D eigenvalue weighted by molar-refractivity contribution is 6.37. The van der Waals surface area contributed by atoms with Gasteiger partial charge in [0.25, 0.3) is 5.91 Å². The SMILES string of the molecule is C[C@@H](CO)NC(=O)c1ccn(-c2ccc(Cl)c(CCCNc3ccc([N+](=O)[O-])c(N)n3)c2Cl)c1. The third-order valence-electron chi connectivity index (χ3n) is 5.06. The van der Waals surface area contributed by atoms with E-state index in [0.717, 1.165) is 5.56 Å². The summed E-state index contributed by atoms with van der Waals surface area (Å²) in [5.74, 6) is -0.0146. The number of amides is 1. The number of aliphatic hydroxyl groups is 1. The zero-order chi connectivity index (χ0) is 24.8. The zero-order valence-electron chi connectivity index (χ0n) is 18.3. The van der Waals surface area contributed by atoms with E-state index in [-0.39, 0.29) is 30.1 Å². The molecule has 0 aliphatic heterocycles. The molecule has 0 saturated heterocycles. The first kappa shape index (κ1) is 25.3. The van der Waals surface area contributed by atoms with E-state index in [1.807, 2.05) is 0 Å². The monoisotopic (exact) mass is 506 g/mol. The van der Waals surface area contributed by atoms with Crippen LogP contribution in [0.3, 0.4) is 0 Å². The van der Waals surface area contributed by atoms with Crippen LogP contribution < -0.4 is 16.4 Å². The van der Waals surface area contributed by atoms with Crippen LogP contribution >= 0.6 is 23.2 Å². The first-order valence-electron chi connectivity index (χ1n) is 10.4. The molecular formula is C22H24Cl2N6O4. The first-order valence-corrected chi connectivity index (χ1v) is 11.2. The number of carbonyl (C=O) groups excluding carboxylic acids is 1. The van der Waals surface area contributed by atoms with Gasteiger partial charge in [0.2, 0.25) is 5.82 Å². The first-order chi connectivity index (χ1) is 16.2. The highest BCUT2D eigenvalue weighted by atomic mass is 35.5. The molecule has 0 spiro atoms. The van der Waals surface area contributed by atoms with Gasteiger partial charge in [0.1, 0.15) is 5.82 Å². The average Bonchev–Trinajstić information content (AvgIpc) is 3.28. The number of nitrogen functional groups attached to an aromatic ring is 1. The molecule has 0 radical (unpaired) electrons. The molecule has 1 aromatic carbocycles. The van der Waals surface area contributed by atoms with E-state index < -0.39 is 4.92 Å². The number of halogens is 2. The van der Waals surface area contributed by atoms with Crippen molar-refractivity contribution in [3.05, 3.63) is 74.0 Å². The minimum absolute atomic E-state index is 0.151. The van der Waals surface area contributed by atoms with Crippen molar-refractivity contribution in [1.29, 1.82) is 0 Å². The Hall–Kier alpha value is -3.34. The summed E-state index contributed by atoms with van der Waals surface area (Å²) >= 11 is 13.0. The number of anilines is 2. The molecule has 0 fully saturated rings. The Morgan fingerprint density at radius 1 is 1.29 bits per heavy atom. The normalized spacial score (nSPS) is 11.8. The second kappa shape index (κ2) is 11.2. The Morgan fingerprint density at radius 2 is 2.06 bits per heavy atom.